The number of methoxy groups -OCH3 is 1. The van der Waals surface area contributed by atoms with E-state index in [2.05, 4.69) is 10.3 Å². The lowest BCUT2D eigenvalue weighted by molar-refractivity contribution is -0.116. The maximum absolute atomic E-state index is 12.9. The van der Waals surface area contributed by atoms with Gasteiger partial charge in [-0.2, -0.15) is 4.98 Å². The third kappa shape index (κ3) is 2.95. The number of phenolic OH excluding ortho intramolecular Hbond substituents is 1. The number of anilines is 1. The van der Waals surface area contributed by atoms with Gasteiger partial charge < -0.3 is 15.2 Å². The summed E-state index contributed by atoms with van der Waals surface area (Å²) < 4.78 is 7.17. The third-order valence-corrected chi connectivity index (χ3v) is 5.40. The van der Waals surface area contributed by atoms with Gasteiger partial charge in [0.1, 0.15) is 17.5 Å². The van der Waals surface area contributed by atoms with Gasteiger partial charge in [-0.3, -0.25) is 4.79 Å². The molecular weight excluding hydrogens is 368 g/mol. The highest BCUT2D eigenvalue weighted by Crippen LogP contribution is 2.41. The first-order valence-corrected chi connectivity index (χ1v) is 9.57. The van der Waals surface area contributed by atoms with E-state index >= 15 is 0 Å². The summed E-state index contributed by atoms with van der Waals surface area (Å²) in [6.07, 6.45) is 2.17. The van der Waals surface area contributed by atoms with Crippen LogP contribution in [0.2, 0.25) is 0 Å². The van der Waals surface area contributed by atoms with E-state index < -0.39 is 0 Å². The van der Waals surface area contributed by atoms with Crippen LogP contribution in [0.4, 0.5) is 5.95 Å². The Hall–Kier alpha value is -3.61. The first-order valence-electron chi connectivity index (χ1n) is 9.57. The smallest absolute Gasteiger partial charge is 0.226 e. The normalized spacial score (nSPS) is 18.1. The minimum atomic E-state index is -0.359. The van der Waals surface area contributed by atoms with Crippen LogP contribution < -0.4 is 10.1 Å². The number of carbonyl (C=O) groups excluding carboxylic acids is 1. The molecule has 0 amide bonds. The van der Waals surface area contributed by atoms with Gasteiger partial charge in [-0.05, 0) is 54.8 Å². The summed E-state index contributed by atoms with van der Waals surface area (Å²) in [7, 11) is 1.63. The third-order valence-electron chi connectivity index (χ3n) is 5.40. The van der Waals surface area contributed by atoms with Gasteiger partial charge in [0.15, 0.2) is 11.6 Å². The number of hydrogen-bond acceptors (Lipinski definition) is 6. The molecule has 7 heteroatoms. The number of ether oxygens (including phenoxy) is 1. The molecule has 2 aromatic carbocycles. The Labute approximate surface area is 167 Å². The van der Waals surface area contributed by atoms with E-state index in [-0.39, 0.29) is 17.6 Å². The van der Waals surface area contributed by atoms with Gasteiger partial charge >= 0.3 is 0 Å². The van der Waals surface area contributed by atoms with Gasteiger partial charge in [0.25, 0.3) is 0 Å². The molecule has 2 aliphatic rings. The molecule has 2 heterocycles. The Morgan fingerprint density at radius 2 is 2.00 bits per heavy atom. The fraction of sp³-hybridized carbons (Fsp3) is 0.227. The van der Waals surface area contributed by atoms with Crippen molar-refractivity contribution in [1.82, 2.24) is 14.8 Å². The molecule has 3 aromatic rings. The molecule has 1 aliphatic heterocycles. The lowest BCUT2D eigenvalue weighted by atomic mass is 9.85. The van der Waals surface area contributed by atoms with Crippen molar-refractivity contribution in [3.05, 3.63) is 65.4 Å². The fourth-order valence-electron chi connectivity index (χ4n) is 4.01. The molecule has 1 unspecified atom stereocenters. The maximum Gasteiger partial charge on any atom is 0.226 e. The number of ketones is 1. The molecule has 7 nitrogen and oxygen atoms in total. The van der Waals surface area contributed by atoms with Crippen LogP contribution in [0.25, 0.3) is 11.4 Å². The average Bonchev–Trinajstić information content (AvgIpc) is 3.16. The summed E-state index contributed by atoms with van der Waals surface area (Å²) in [4.78, 5) is 17.5. The van der Waals surface area contributed by atoms with Crippen molar-refractivity contribution in [1.29, 1.82) is 0 Å². The molecule has 0 saturated heterocycles. The number of fused-ring (bicyclic) bond motifs is 1. The average molecular weight is 388 g/mol. The molecule has 29 heavy (non-hydrogen) atoms. The molecule has 0 radical (unpaired) electrons. The summed E-state index contributed by atoms with van der Waals surface area (Å²) >= 11 is 0. The second-order valence-corrected chi connectivity index (χ2v) is 7.22. The van der Waals surface area contributed by atoms with E-state index in [4.69, 9.17) is 9.84 Å². The van der Waals surface area contributed by atoms with Crippen molar-refractivity contribution in [2.24, 2.45) is 0 Å². The highest BCUT2D eigenvalue weighted by molar-refractivity contribution is 5.99. The first kappa shape index (κ1) is 17.5. The number of nitrogens with one attached hydrogen (secondary N) is 1. The number of hydrogen-bond donors (Lipinski definition) is 2. The summed E-state index contributed by atoms with van der Waals surface area (Å²) in [5, 5.41) is 17.6. The monoisotopic (exact) mass is 388 g/mol. The standard InChI is InChI=1S/C22H20N4O3/c1-29-16-5-2-4-14(12-16)20-19-17(6-3-7-18(19)28)23-22-24-21(25-26(20)22)13-8-10-15(27)11-9-13/h2,4-5,8-12,20,27H,3,6-7H2,1H3,(H,23,24,25). The molecule has 2 N–H and O–H groups in total. The van der Waals surface area contributed by atoms with Crippen LogP contribution in [-0.4, -0.2) is 32.8 Å². The minimum absolute atomic E-state index is 0.138. The van der Waals surface area contributed by atoms with Crippen molar-refractivity contribution in [2.75, 3.05) is 12.4 Å². The van der Waals surface area contributed by atoms with Crippen LogP contribution in [0.1, 0.15) is 30.9 Å². The highest BCUT2D eigenvalue weighted by Gasteiger charge is 2.37. The van der Waals surface area contributed by atoms with Crippen LogP contribution in [0.3, 0.4) is 0 Å². The Balaban J connectivity index is 1.67. The van der Waals surface area contributed by atoms with Gasteiger partial charge in [0.05, 0.1) is 7.11 Å². The van der Waals surface area contributed by atoms with Crippen molar-refractivity contribution >= 4 is 11.7 Å². The molecular formula is C22H20N4O3. The highest BCUT2D eigenvalue weighted by atomic mass is 16.5. The largest absolute Gasteiger partial charge is 0.508 e. The number of Topliss-reactive ketones (excluding diaryl/α,β-unsaturated/α-hetero) is 1. The summed E-state index contributed by atoms with van der Waals surface area (Å²) in [5.74, 6) is 2.20. The predicted molar refractivity (Wildman–Crippen MR) is 108 cm³/mol. The molecule has 146 valence electrons. The number of allylic oxidation sites excluding steroid dienone is 2. The van der Waals surface area contributed by atoms with Crippen LogP contribution in [0, 0.1) is 0 Å². The van der Waals surface area contributed by atoms with Gasteiger partial charge in [-0.25, -0.2) is 4.68 Å². The number of aromatic hydroxyl groups is 1. The van der Waals surface area contributed by atoms with Gasteiger partial charge in [0.2, 0.25) is 5.95 Å². The molecule has 0 saturated carbocycles. The Morgan fingerprint density at radius 1 is 1.17 bits per heavy atom. The fourth-order valence-corrected chi connectivity index (χ4v) is 4.01. The van der Waals surface area contributed by atoms with E-state index in [1.165, 1.54) is 0 Å². The zero-order valence-corrected chi connectivity index (χ0v) is 15.9. The summed E-state index contributed by atoms with van der Waals surface area (Å²) in [6.45, 7) is 0. The number of carbonyl (C=O) groups is 1. The zero-order chi connectivity index (χ0) is 20.0. The minimum Gasteiger partial charge on any atom is -0.508 e. The Kier molecular flexibility index (Phi) is 4.08. The molecule has 1 atom stereocenters. The van der Waals surface area contributed by atoms with E-state index in [1.54, 1.807) is 36.1 Å². The van der Waals surface area contributed by atoms with Crippen LogP contribution in [-0.2, 0) is 4.79 Å². The van der Waals surface area contributed by atoms with Crippen LogP contribution in [0.15, 0.2) is 59.8 Å². The zero-order valence-electron chi connectivity index (χ0n) is 15.9. The molecule has 0 fully saturated rings. The maximum atomic E-state index is 12.9. The number of aromatic nitrogens is 3. The number of benzene rings is 2. The first-order chi connectivity index (χ1) is 14.1. The molecule has 0 spiro atoms. The summed E-state index contributed by atoms with van der Waals surface area (Å²) in [6, 6.07) is 14.1. The van der Waals surface area contributed by atoms with E-state index in [0.717, 1.165) is 41.0 Å². The van der Waals surface area contributed by atoms with Crippen LogP contribution >= 0.6 is 0 Å². The lowest BCUT2D eigenvalue weighted by Crippen LogP contribution is -2.31. The lowest BCUT2D eigenvalue weighted by Gasteiger charge is -2.32. The molecule has 1 aromatic heterocycles. The number of phenols is 1. The number of nitrogens with zero attached hydrogens (tertiary/aromatic N) is 3. The van der Waals surface area contributed by atoms with Gasteiger partial charge in [-0.1, -0.05) is 12.1 Å². The SMILES string of the molecule is COc1cccc(C2C3=C(CCCC3=O)Nc3nc(-c4ccc(O)cc4)nn32)c1. The number of rotatable bonds is 3. The molecule has 0 bridgehead atoms. The van der Waals surface area contributed by atoms with Crippen molar-refractivity contribution in [3.63, 3.8) is 0 Å². The predicted octanol–water partition coefficient (Wildman–Crippen LogP) is 3.68. The van der Waals surface area contributed by atoms with Crippen molar-refractivity contribution in [3.8, 4) is 22.9 Å². The molecule has 5 rings (SSSR count). The second-order valence-electron chi connectivity index (χ2n) is 7.22. The van der Waals surface area contributed by atoms with E-state index in [1.807, 2.05) is 24.3 Å². The second kappa shape index (κ2) is 6.77. The van der Waals surface area contributed by atoms with E-state index in [0.29, 0.717) is 18.2 Å². The van der Waals surface area contributed by atoms with Crippen molar-refractivity contribution < 1.29 is 14.6 Å². The topological polar surface area (TPSA) is 89.3 Å². The van der Waals surface area contributed by atoms with Crippen LogP contribution in [0.5, 0.6) is 11.5 Å². The van der Waals surface area contributed by atoms with Crippen molar-refractivity contribution in [2.45, 2.75) is 25.3 Å². The molecule has 1 aliphatic carbocycles. The quantitative estimate of drug-likeness (QED) is 0.711. The van der Waals surface area contributed by atoms with Gasteiger partial charge in [0, 0.05) is 23.3 Å². The van der Waals surface area contributed by atoms with Gasteiger partial charge in [-0.15, -0.1) is 5.10 Å². The Morgan fingerprint density at radius 3 is 2.79 bits per heavy atom. The summed E-state index contributed by atoms with van der Waals surface area (Å²) in [5.41, 5.74) is 3.39. The van der Waals surface area contributed by atoms with E-state index in [9.17, 15) is 9.90 Å². The Bertz CT molecular complexity index is 1130.